The minimum Gasteiger partial charge on any atom is -0.469 e. The summed E-state index contributed by atoms with van der Waals surface area (Å²) in [6.45, 7) is 8.54. The molecule has 1 saturated heterocycles. The van der Waals surface area contributed by atoms with Gasteiger partial charge in [-0.15, -0.1) is 10.2 Å². The first-order valence-electron chi connectivity index (χ1n) is 9.94. The van der Waals surface area contributed by atoms with E-state index in [9.17, 15) is 13.2 Å². The quantitative estimate of drug-likeness (QED) is 0.617. The predicted octanol–water partition coefficient (Wildman–Crippen LogP) is 3.35. The molecule has 7 nitrogen and oxygen atoms in total. The molecule has 0 radical (unpaired) electrons. The van der Waals surface area contributed by atoms with Crippen molar-refractivity contribution in [2.75, 3.05) is 44.3 Å². The Morgan fingerprint density at radius 3 is 2.52 bits per heavy atom. The normalized spacial score (nSPS) is 17.1. The molecule has 0 unspecified atom stereocenters. The third-order valence-electron chi connectivity index (χ3n) is 5.32. The van der Waals surface area contributed by atoms with Crippen molar-refractivity contribution in [1.82, 2.24) is 19.7 Å². The van der Waals surface area contributed by atoms with Crippen molar-refractivity contribution in [3.8, 4) is 11.4 Å². The number of aromatic nitrogens is 3. The molecule has 1 aliphatic rings. The van der Waals surface area contributed by atoms with Crippen LogP contribution < -0.4 is 4.90 Å². The molecule has 2 aromatic rings. The van der Waals surface area contributed by atoms with Crippen LogP contribution in [0, 0.1) is 6.92 Å². The van der Waals surface area contributed by atoms with Crippen LogP contribution >= 0.6 is 0 Å². The number of piperazine rings is 1. The van der Waals surface area contributed by atoms with Crippen molar-refractivity contribution in [2.45, 2.75) is 46.0 Å². The first-order valence-corrected chi connectivity index (χ1v) is 9.94. The number of halogens is 3. The van der Waals surface area contributed by atoms with E-state index in [-0.39, 0.29) is 0 Å². The minimum atomic E-state index is -4.21. The fourth-order valence-electron chi connectivity index (χ4n) is 3.54. The maximum Gasteiger partial charge on any atom is 0.403 e. The summed E-state index contributed by atoms with van der Waals surface area (Å²) in [5.74, 6) is 2.13. The second kappa shape index (κ2) is 9.17. The van der Waals surface area contributed by atoms with E-state index in [0.29, 0.717) is 57.7 Å². The Bertz CT molecular complexity index is 781. The summed E-state index contributed by atoms with van der Waals surface area (Å²) >= 11 is 0. The van der Waals surface area contributed by atoms with Gasteiger partial charge in [-0.3, -0.25) is 9.47 Å². The molecule has 3 rings (SSSR count). The topological polar surface area (TPSA) is 59.6 Å². The largest absolute Gasteiger partial charge is 0.469 e. The Hall–Kier alpha value is -2.07. The van der Waals surface area contributed by atoms with Crippen molar-refractivity contribution >= 4 is 5.95 Å². The Balaban J connectivity index is 1.77. The van der Waals surface area contributed by atoms with E-state index in [0.717, 1.165) is 17.7 Å². The SMILES string of the molecule is CCOCCCn1c(-c2ccoc2C)nnc1N1CCN([C@@H](C)C(F)(F)F)CC1. The first kappa shape index (κ1) is 21.6. The lowest BCUT2D eigenvalue weighted by Gasteiger charge is -2.38. The van der Waals surface area contributed by atoms with Crippen molar-refractivity contribution in [2.24, 2.45) is 0 Å². The number of anilines is 1. The van der Waals surface area contributed by atoms with Gasteiger partial charge in [0.15, 0.2) is 5.82 Å². The summed E-state index contributed by atoms with van der Waals surface area (Å²) in [5, 5.41) is 8.73. The smallest absolute Gasteiger partial charge is 0.403 e. The van der Waals surface area contributed by atoms with E-state index in [1.807, 2.05) is 29.4 Å². The molecule has 0 N–H and O–H groups in total. The van der Waals surface area contributed by atoms with E-state index in [4.69, 9.17) is 9.15 Å². The monoisotopic (exact) mass is 415 g/mol. The summed E-state index contributed by atoms with van der Waals surface area (Å²) < 4.78 is 51.9. The Morgan fingerprint density at radius 2 is 1.93 bits per heavy atom. The van der Waals surface area contributed by atoms with Crippen LogP contribution in [-0.4, -0.2) is 71.3 Å². The summed E-state index contributed by atoms with van der Waals surface area (Å²) in [5.41, 5.74) is 0.865. The Morgan fingerprint density at radius 1 is 1.21 bits per heavy atom. The standard InChI is InChI=1S/C19H28F3N5O2/c1-4-28-12-5-7-27-17(16-6-13-29-14(16)2)23-24-18(27)26-10-8-25(9-11-26)15(3)19(20,21)22/h6,13,15H,4-5,7-12H2,1-3H3/t15-/m0/s1. The van der Waals surface area contributed by atoms with Gasteiger partial charge in [0, 0.05) is 45.9 Å². The number of nitrogens with zero attached hydrogens (tertiary/aromatic N) is 5. The van der Waals surface area contributed by atoms with Gasteiger partial charge >= 0.3 is 6.18 Å². The maximum absolute atomic E-state index is 13.0. The lowest BCUT2D eigenvalue weighted by atomic mass is 10.2. The van der Waals surface area contributed by atoms with Gasteiger partial charge in [0.25, 0.3) is 0 Å². The summed E-state index contributed by atoms with van der Waals surface area (Å²) in [6, 6.07) is 0.406. The van der Waals surface area contributed by atoms with Crippen LogP contribution in [0.4, 0.5) is 19.1 Å². The van der Waals surface area contributed by atoms with Crippen LogP contribution in [0.1, 0.15) is 26.0 Å². The van der Waals surface area contributed by atoms with E-state index < -0.39 is 12.2 Å². The number of rotatable bonds is 8. The van der Waals surface area contributed by atoms with Gasteiger partial charge in [-0.25, -0.2) is 0 Å². The molecule has 1 atom stereocenters. The van der Waals surface area contributed by atoms with Crippen LogP contribution in [0.5, 0.6) is 0 Å². The Labute approximate surface area is 168 Å². The highest BCUT2D eigenvalue weighted by molar-refractivity contribution is 5.59. The minimum absolute atomic E-state index is 0.326. The third-order valence-corrected chi connectivity index (χ3v) is 5.32. The van der Waals surface area contributed by atoms with E-state index in [2.05, 4.69) is 10.2 Å². The van der Waals surface area contributed by atoms with Crippen LogP contribution in [0.2, 0.25) is 0 Å². The van der Waals surface area contributed by atoms with Crippen LogP contribution in [0.15, 0.2) is 16.7 Å². The van der Waals surface area contributed by atoms with E-state index in [1.54, 1.807) is 6.26 Å². The van der Waals surface area contributed by atoms with Crippen LogP contribution in [-0.2, 0) is 11.3 Å². The number of furan rings is 1. The zero-order valence-corrected chi connectivity index (χ0v) is 17.1. The number of ether oxygens (including phenoxy) is 1. The van der Waals surface area contributed by atoms with Gasteiger partial charge in [-0.05, 0) is 33.3 Å². The van der Waals surface area contributed by atoms with Crippen molar-refractivity contribution in [1.29, 1.82) is 0 Å². The molecular weight excluding hydrogens is 387 g/mol. The highest BCUT2D eigenvalue weighted by Crippen LogP contribution is 2.29. The predicted molar refractivity (Wildman–Crippen MR) is 103 cm³/mol. The highest BCUT2D eigenvalue weighted by Gasteiger charge is 2.41. The van der Waals surface area contributed by atoms with Gasteiger partial charge in [0.2, 0.25) is 5.95 Å². The van der Waals surface area contributed by atoms with Gasteiger partial charge in [-0.2, -0.15) is 13.2 Å². The molecule has 2 aromatic heterocycles. The number of alkyl halides is 3. The van der Waals surface area contributed by atoms with Crippen molar-refractivity contribution in [3.63, 3.8) is 0 Å². The molecule has 0 amide bonds. The van der Waals surface area contributed by atoms with E-state index in [1.165, 1.54) is 11.8 Å². The van der Waals surface area contributed by atoms with Crippen LogP contribution in [0.3, 0.4) is 0 Å². The molecule has 1 fully saturated rings. The summed E-state index contributed by atoms with van der Waals surface area (Å²) in [7, 11) is 0. The molecule has 0 saturated carbocycles. The molecule has 10 heteroatoms. The van der Waals surface area contributed by atoms with Gasteiger partial charge < -0.3 is 14.1 Å². The number of aryl methyl sites for hydroxylation is 1. The third kappa shape index (κ3) is 4.92. The van der Waals surface area contributed by atoms with Crippen molar-refractivity contribution < 1.29 is 22.3 Å². The zero-order valence-electron chi connectivity index (χ0n) is 17.1. The molecule has 0 bridgehead atoms. The first-order chi connectivity index (χ1) is 13.8. The molecule has 29 heavy (non-hydrogen) atoms. The maximum atomic E-state index is 13.0. The lowest BCUT2D eigenvalue weighted by molar-refractivity contribution is -0.179. The van der Waals surface area contributed by atoms with E-state index >= 15 is 0 Å². The molecule has 1 aliphatic heterocycles. The molecule has 162 valence electrons. The molecule has 3 heterocycles. The van der Waals surface area contributed by atoms with Crippen LogP contribution in [0.25, 0.3) is 11.4 Å². The second-order valence-electron chi connectivity index (χ2n) is 7.16. The van der Waals surface area contributed by atoms with Crippen molar-refractivity contribution in [3.05, 3.63) is 18.1 Å². The molecular formula is C19H28F3N5O2. The van der Waals surface area contributed by atoms with Gasteiger partial charge in [-0.1, -0.05) is 0 Å². The average molecular weight is 415 g/mol. The van der Waals surface area contributed by atoms with Gasteiger partial charge in [0.05, 0.1) is 11.8 Å². The molecule has 0 spiro atoms. The van der Waals surface area contributed by atoms with Gasteiger partial charge in [0.1, 0.15) is 11.8 Å². The number of hydrogen-bond donors (Lipinski definition) is 0. The zero-order chi connectivity index (χ0) is 21.0. The summed E-state index contributed by atoms with van der Waals surface area (Å²) in [6.07, 6.45) is -1.82. The fourth-order valence-corrected chi connectivity index (χ4v) is 3.54. The number of hydrogen-bond acceptors (Lipinski definition) is 6. The Kier molecular flexibility index (Phi) is 6.84. The molecule has 0 aromatic carbocycles. The second-order valence-corrected chi connectivity index (χ2v) is 7.16. The summed E-state index contributed by atoms with van der Waals surface area (Å²) in [4.78, 5) is 3.47. The lowest BCUT2D eigenvalue weighted by Crippen LogP contribution is -2.54. The fraction of sp³-hybridized carbons (Fsp3) is 0.684. The average Bonchev–Trinajstić information content (AvgIpc) is 3.29. The highest BCUT2D eigenvalue weighted by atomic mass is 19.4. The molecule has 0 aliphatic carbocycles.